The minimum atomic E-state index is -1.88. The third-order valence-electron chi connectivity index (χ3n) is 10.3. The van der Waals surface area contributed by atoms with Gasteiger partial charge >= 0.3 is 0 Å². The van der Waals surface area contributed by atoms with Crippen molar-refractivity contribution in [1.82, 2.24) is 0 Å². The number of alkyl halides is 1. The molecule has 1 unspecified atom stereocenters. The molecule has 5 rings (SSSR count). The molecule has 5 aliphatic rings. The molecule has 4 nitrogen and oxygen atoms in total. The van der Waals surface area contributed by atoms with Crippen molar-refractivity contribution in [3.05, 3.63) is 34.5 Å². The van der Waals surface area contributed by atoms with Crippen molar-refractivity contribution in [1.29, 1.82) is 0 Å². The van der Waals surface area contributed by atoms with Crippen LogP contribution in [0.1, 0.15) is 79.6 Å². The molecule has 0 aromatic rings. The third kappa shape index (κ3) is 3.02. The topological polar surface area (TPSA) is 63.6 Å². The molecule has 35 heavy (non-hydrogen) atoms. The number of ether oxygens (including phenoxy) is 1. The molecule has 0 bridgehead atoms. The second-order valence-electron chi connectivity index (χ2n) is 11.9. The Morgan fingerprint density at radius 3 is 2.66 bits per heavy atom. The Hall–Kier alpha value is -1.40. The molecule has 1 spiro atoms. The van der Waals surface area contributed by atoms with Crippen LogP contribution < -0.4 is 0 Å². The summed E-state index contributed by atoms with van der Waals surface area (Å²) in [5.41, 5.74) is -3.83. The molecule has 1 N–H and O–H groups in total. The van der Waals surface area contributed by atoms with Crippen LogP contribution in [0.15, 0.2) is 34.5 Å². The van der Waals surface area contributed by atoms with Gasteiger partial charge < -0.3 is 9.84 Å². The molecule has 192 valence electrons. The van der Waals surface area contributed by atoms with Crippen LogP contribution in [0.25, 0.3) is 0 Å². The third-order valence-corrected chi connectivity index (χ3v) is 11.3. The SMILES string of the molecule is CCCCC1=C(SCC)C(=O)C2(O1)[C@@H](C)C[C@H]1[C@@H]3CCC4=CC(=O)C=C[C@]4(C)[C@@]3(F)[C@@H](O)C[C@@]12C. The first kappa shape index (κ1) is 25.3. The second-order valence-corrected chi connectivity index (χ2v) is 13.1. The Morgan fingerprint density at radius 1 is 1.23 bits per heavy atom. The van der Waals surface area contributed by atoms with Crippen molar-refractivity contribution in [3.8, 4) is 0 Å². The molecule has 0 amide bonds. The number of rotatable bonds is 5. The predicted molar refractivity (Wildman–Crippen MR) is 136 cm³/mol. The quantitative estimate of drug-likeness (QED) is 0.492. The maximum absolute atomic E-state index is 17.4. The molecular weight excluding hydrogens is 463 g/mol. The van der Waals surface area contributed by atoms with Crippen LogP contribution in [0.3, 0.4) is 0 Å². The van der Waals surface area contributed by atoms with Crippen molar-refractivity contribution in [2.24, 2.45) is 28.6 Å². The van der Waals surface area contributed by atoms with Crippen LogP contribution in [-0.2, 0) is 14.3 Å². The van der Waals surface area contributed by atoms with Gasteiger partial charge in [0.1, 0.15) is 5.76 Å². The van der Waals surface area contributed by atoms with Crippen molar-refractivity contribution in [2.75, 3.05) is 5.75 Å². The van der Waals surface area contributed by atoms with Crippen molar-refractivity contribution in [3.63, 3.8) is 0 Å². The highest BCUT2D eigenvalue weighted by Gasteiger charge is 2.78. The lowest BCUT2D eigenvalue weighted by Gasteiger charge is -2.62. The predicted octanol–water partition coefficient (Wildman–Crippen LogP) is 6.10. The summed E-state index contributed by atoms with van der Waals surface area (Å²) < 4.78 is 24.2. The number of unbranched alkanes of at least 4 members (excludes halogenated alkanes) is 1. The fraction of sp³-hybridized carbons (Fsp3) is 0.724. The Balaban J connectivity index is 1.57. The first-order chi connectivity index (χ1) is 16.5. The number of aliphatic hydroxyl groups excluding tert-OH is 1. The number of Topliss-reactive ketones (excluding diaryl/α,β-unsaturated/α-hetero) is 1. The molecular formula is C29H39FO4S. The lowest BCUT2D eigenvalue weighted by atomic mass is 9.44. The normalized spacial score (nSPS) is 46.4. The van der Waals surface area contributed by atoms with Crippen molar-refractivity contribution < 1.29 is 23.8 Å². The maximum Gasteiger partial charge on any atom is 0.216 e. The Kier molecular flexibility index (Phi) is 5.99. The zero-order valence-electron chi connectivity index (χ0n) is 21.7. The van der Waals surface area contributed by atoms with Gasteiger partial charge in [-0.15, -0.1) is 11.8 Å². The fourth-order valence-corrected chi connectivity index (χ4v) is 9.48. The Bertz CT molecular complexity index is 1050. The second kappa shape index (κ2) is 8.31. The van der Waals surface area contributed by atoms with Crippen molar-refractivity contribution in [2.45, 2.75) is 96.9 Å². The summed E-state index contributed by atoms with van der Waals surface area (Å²) in [5, 5.41) is 11.6. The van der Waals surface area contributed by atoms with Crippen LogP contribution in [-0.4, -0.2) is 39.8 Å². The largest absolute Gasteiger partial charge is 0.481 e. The molecule has 1 heterocycles. The highest BCUT2D eigenvalue weighted by atomic mass is 32.2. The lowest BCUT2D eigenvalue weighted by Crippen LogP contribution is -2.69. The molecule has 0 radical (unpaired) electrons. The van der Waals surface area contributed by atoms with E-state index in [1.165, 1.54) is 6.08 Å². The monoisotopic (exact) mass is 502 g/mol. The summed E-state index contributed by atoms with van der Waals surface area (Å²) in [6, 6.07) is 0. The number of halogens is 1. The summed E-state index contributed by atoms with van der Waals surface area (Å²) in [6.07, 6.45) is 8.26. The van der Waals surface area contributed by atoms with Crippen LogP contribution in [0.5, 0.6) is 0 Å². The molecule has 4 aliphatic carbocycles. The first-order valence-electron chi connectivity index (χ1n) is 13.4. The van der Waals surface area contributed by atoms with Gasteiger partial charge in [-0.05, 0) is 62.9 Å². The number of ketones is 2. The van der Waals surface area contributed by atoms with Crippen molar-refractivity contribution >= 4 is 23.3 Å². The van der Waals surface area contributed by atoms with Crippen LogP contribution in [0, 0.1) is 28.6 Å². The Morgan fingerprint density at radius 2 is 1.97 bits per heavy atom. The summed E-state index contributed by atoms with van der Waals surface area (Å²) in [6.45, 7) is 10.2. The zero-order chi connectivity index (χ0) is 25.4. The van der Waals surface area contributed by atoms with E-state index in [9.17, 15) is 14.7 Å². The molecule has 8 atom stereocenters. The molecule has 6 heteroatoms. The van der Waals surface area contributed by atoms with Gasteiger partial charge in [-0.25, -0.2) is 4.39 Å². The highest BCUT2D eigenvalue weighted by Crippen LogP contribution is 2.73. The smallest absolute Gasteiger partial charge is 0.216 e. The molecule has 1 aliphatic heterocycles. The molecule has 0 saturated heterocycles. The number of fused-ring (bicyclic) bond motifs is 6. The number of aliphatic hydroxyl groups is 1. The molecule has 0 aromatic carbocycles. The van der Waals surface area contributed by atoms with E-state index < -0.39 is 34.1 Å². The Labute approximate surface area is 212 Å². The van der Waals surface area contributed by atoms with E-state index in [1.807, 2.05) is 13.8 Å². The van der Waals surface area contributed by atoms with E-state index in [0.717, 1.165) is 41.3 Å². The van der Waals surface area contributed by atoms with Gasteiger partial charge in [0.05, 0.1) is 11.0 Å². The number of carbonyl (C=O) groups excluding carboxylic acids is 2. The van der Waals surface area contributed by atoms with Crippen LogP contribution >= 0.6 is 11.8 Å². The summed E-state index contributed by atoms with van der Waals surface area (Å²) >= 11 is 1.56. The molecule has 0 aromatic heterocycles. The lowest BCUT2D eigenvalue weighted by molar-refractivity contribution is -0.218. The first-order valence-corrected chi connectivity index (χ1v) is 14.4. The number of carbonyl (C=O) groups is 2. The maximum atomic E-state index is 17.4. The van der Waals surface area contributed by atoms with E-state index >= 15 is 4.39 Å². The average Bonchev–Trinajstić information content (AvgIpc) is 3.21. The van der Waals surface area contributed by atoms with Gasteiger partial charge in [-0.2, -0.15) is 0 Å². The average molecular weight is 503 g/mol. The number of thioether (sulfide) groups is 1. The van der Waals surface area contributed by atoms with Gasteiger partial charge in [0.15, 0.2) is 17.1 Å². The van der Waals surface area contributed by atoms with Gasteiger partial charge in [-0.1, -0.05) is 45.8 Å². The standard InChI is InChI=1S/C29H39FO4S/c1-6-8-9-22-24(35-7-2)25(33)29(34-22)17(3)14-21-20-11-10-18-15-19(31)12-13-26(18,4)28(20,30)23(32)16-27(21,29)5/h12-13,15,17,20-21,23,32H,6-11,14,16H2,1-5H3/t17-,20-,21-,23-,26-,27-,28-,29?/m0/s1. The number of allylic oxidation sites excluding steroid dienone is 5. The summed E-state index contributed by atoms with van der Waals surface area (Å²) in [5.74, 6) is 0.978. The van der Waals surface area contributed by atoms with Crippen LogP contribution in [0.2, 0.25) is 0 Å². The van der Waals surface area contributed by atoms with Gasteiger partial charge in [0, 0.05) is 29.1 Å². The van der Waals surface area contributed by atoms with Gasteiger partial charge in [0.25, 0.3) is 0 Å². The van der Waals surface area contributed by atoms with E-state index in [4.69, 9.17) is 4.74 Å². The van der Waals surface area contributed by atoms with E-state index in [1.54, 1.807) is 23.9 Å². The molecule has 3 fully saturated rings. The number of hydrogen-bond acceptors (Lipinski definition) is 5. The summed E-state index contributed by atoms with van der Waals surface area (Å²) in [7, 11) is 0. The van der Waals surface area contributed by atoms with Crippen LogP contribution in [0.4, 0.5) is 4.39 Å². The minimum absolute atomic E-state index is 0.0530. The van der Waals surface area contributed by atoms with E-state index in [-0.39, 0.29) is 29.8 Å². The van der Waals surface area contributed by atoms with E-state index in [2.05, 4.69) is 20.8 Å². The zero-order valence-corrected chi connectivity index (χ0v) is 22.5. The van der Waals surface area contributed by atoms with Gasteiger partial charge in [-0.3, -0.25) is 9.59 Å². The number of hydrogen-bond donors (Lipinski definition) is 1. The highest BCUT2D eigenvalue weighted by molar-refractivity contribution is 8.04. The summed E-state index contributed by atoms with van der Waals surface area (Å²) in [4.78, 5) is 27.0. The van der Waals surface area contributed by atoms with E-state index in [0.29, 0.717) is 19.3 Å². The minimum Gasteiger partial charge on any atom is -0.481 e. The van der Waals surface area contributed by atoms with Gasteiger partial charge in [0.2, 0.25) is 5.78 Å². The fourth-order valence-electron chi connectivity index (χ4n) is 8.61. The molecule has 3 saturated carbocycles.